The number of nitrogens with zero attached hydrogens (tertiary/aromatic N) is 2. The minimum absolute atomic E-state index is 0.00575. The van der Waals surface area contributed by atoms with Crippen LogP contribution in [0, 0.1) is 0 Å². The molecule has 1 aromatic heterocycles. The lowest BCUT2D eigenvalue weighted by Crippen LogP contribution is -2.49. The fourth-order valence-electron chi connectivity index (χ4n) is 2.99. The molecule has 1 unspecified atom stereocenters. The third kappa shape index (κ3) is 4.55. The lowest BCUT2D eigenvalue weighted by atomic mass is 10.0. The Bertz CT molecular complexity index is 693. The number of ether oxygens (including phenoxy) is 2. The van der Waals surface area contributed by atoms with E-state index in [-0.39, 0.29) is 18.6 Å². The summed E-state index contributed by atoms with van der Waals surface area (Å²) in [6.45, 7) is 2.66. The maximum absolute atomic E-state index is 12.6. The zero-order valence-corrected chi connectivity index (χ0v) is 14.4. The summed E-state index contributed by atoms with van der Waals surface area (Å²) in [4.78, 5) is 18.6. The van der Waals surface area contributed by atoms with Crippen LogP contribution in [-0.4, -0.2) is 49.1 Å². The van der Waals surface area contributed by atoms with Gasteiger partial charge in [0.05, 0.1) is 19.8 Å². The Hall–Kier alpha value is -2.44. The molecule has 132 valence electrons. The van der Waals surface area contributed by atoms with E-state index in [1.54, 1.807) is 19.5 Å². The van der Waals surface area contributed by atoms with Gasteiger partial charge in [-0.15, -0.1) is 0 Å². The first kappa shape index (κ1) is 17.4. The second kappa shape index (κ2) is 8.60. The molecule has 0 spiro atoms. The van der Waals surface area contributed by atoms with E-state index >= 15 is 0 Å². The molecule has 1 aromatic carbocycles. The van der Waals surface area contributed by atoms with Crippen LogP contribution in [0.3, 0.4) is 0 Å². The average Bonchev–Trinajstić information content (AvgIpc) is 2.69. The number of carbonyl (C=O) groups excluding carboxylic acids is 1. The molecule has 0 radical (unpaired) electrons. The lowest BCUT2D eigenvalue weighted by molar-refractivity contribution is -0.140. The topological polar surface area (TPSA) is 63.7 Å². The summed E-state index contributed by atoms with van der Waals surface area (Å²) in [5.74, 6) is 0.790. The van der Waals surface area contributed by atoms with Gasteiger partial charge in [0, 0.05) is 32.0 Å². The van der Waals surface area contributed by atoms with Crippen molar-refractivity contribution in [3.63, 3.8) is 0 Å². The minimum Gasteiger partial charge on any atom is -0.497 e. The molecule has 1 aliphatic rings. The number of benzene rings is 1. The first-order valence-electron chi connectivity index (χ1n) is 8.38. The number of rotatable bonds is 6. The van der Waals surface area contributed by atoms with Gasteiger partial charge in [0.25, 0.3) is 0 Å². The van der Waals surface area contributed by atoms with Crippen molar-refractivity contribution >= 4 is 5.91 Å². The van der Waals surface area contributed by atoms with E-state index in [0.717, 1.165) is 30.0 Å². The molecule has 2 heterocycles. The normalized spacial score (nSPS) is 17.3. The molecule has 1 N–H and O–H groups in total. The summed E-state index contributed by atoms with van der Waals surface area (Å²) in [5.41, 5.74) is 2.07. The highest BCUT2D eigenvalue weighted by atomic mass is 16.5. The largest absolute Gasteiger partial charge is 0.497 e. The number of nitrogens with one attached hydrogen (secondary N) is 1. The van der Waals surface area contributed by atoms with Crippen LogP contribution in [0.25, 0.3) is 0 Å². The Labute approximate surface area is 147 Å². The van der Waals surface area contributed by atoms with Gasteiger partial charge in [-0.2, -0.15) is 0 Å². The molecule has 1 aliphatic heterocycles. The highest BCUT2D eigenvalue weighted by Gasteiger charge is 2.27. The number of hydrogen-bond donors (Lipinski definition) is 1. The van der Waals surface area contributed by atoms with Gasteiger partial charge in [0.15, 0.2) is 0 Å². The molecule has 0 bridgehead atoms. The summed E-state index contributed by atoms with van der Waals surface area (Å²) in [5, 5.41) is 3.34. The Morgan fingerprint density at radius 2 is 2.16 bits per heavy atom. The molecule has 3 rings (SSSR count). The third-order valence-corrected chi connectivity index (χ3v) is 4.28. The number of pyridine rings is 1. The molecule has 1 fully saturated rings. The van der Waals surface area contributed by atoms with Crippen LogP contribution < -0.4 is 10.1 Å². The fourth-order valence-corrected chi connectivity index (χ4v) is 2.99. The van der Waals surface area contributed by atoms with E-state index < -0.39 is 0 Å². The molecule has 25 heavy (non-hydrogen) atoms. The fraction of sp³-hybridized carbons (Fsp3) is 0.368. The zero-order chi connectivity index (χ0) is 17.5. The van der Waals surface area contributed by atoms with E-state index in [4.69, 9.17) is 9.47 Å². The number of piperazine rings is 1. The van der Waals surface area contributed by atoms with Gasteiger partial charge < -0.3 is 19.7 Å². The maximum atomic E-state index is 12.6. The molecule has 1 atom stereocenters. The van der Waals surface area contributed by atoms with Gasteiger partial charge >= 0.3 is 0 Å². The van der Waals surface area contributed by atoms with Crippen LogP contribution in [0.5, 0.6) is 5.75 Å². The summed E-state index contributed by atoms with van der Waals surface area (Å²) in [6.07, 6.45) is 3.51. The molecule has 1 amide bonds. The molecule has 6 nitrogen and oxygen atoms in total. The summed E-state index contributed by atoms with van der Waals surface area (Å²) in [6, 6.07) is 11.6. The molecule has 2 aromatic rings. The monoisotopic (exact) mass is 341 g/mol. The van der Waals surface area contributed by atoms with Gasteiger partial charge in [-0.3, -0.25) is 9.78 Å². The minimum atomic E-state index is 0.00575. The Kier molecular flexibility index (Phi) is 5.98. The number of amides is 1. The van der Waals surface area contributed by atoms with Crippen molar-refractivity contribution in [2.24, 2.45) is 0 Å². The molecule has 1 saturated heterocycles. The second-order valence-corrected chi connectivity index (χ2v) is 5.93. The summed E-state index contributed by atoms with van der Waals surface area (Å²) < 4.78 is 10.8. The molecular weight excluding hydrogens is 318 g/mol. The average molecular weight is 341 g/mol. The highest BCUT2D eigenvalue weighted by Crippen LogP contribution is 2.22. The van der Waals surface area contributed by atoms with Crippen LogP contribution in [0.15, 0.2) is 48.8 Å². The third-order valence-electron chi connectivity index (χ3n) is 4.28. The number of hydrogen-bond acceptors (Lipinski definition) is 5. The van der Waals surface area contributed by atoms with Crippen LogP contribution in [-0.2, 0) is 16.1 Å². The van der Waals surface area contributed by atoms with Gasteiger partial charge in [-0.25, -0.2) is 0 Å². The molecule has 0 saturated carbocycles. The molecule has 6 heteroatoms. The highest BCUT2D eigenvalue weighted by molar-refractivity contribution is 5.78. The van der Waals surface area contributed by atoms with Crippen molar-refractivity contribution < 1.29 is 14.3 Å². The predicted octanol–water partition coefficient (Wildman–Crippen LogP) is 1.78. The van der Waals surface area contributed by atoms with E-state index in [1.165, 1.54) is 0 Å². The number of carbonyl (C=O) groups is 1. The smallest absolute Gasteiger partial charge is 0.249 e. The van der Waals surface area contributed by atoms with Crippen LogP contribution in [0.4, 0.5) is 0 Å². The van der Waals surface area contributed by atoms with Crippen molar-refractivity contribution in [1.29, 1.82) is 0 Å². The van der Waals surface area contributed by atoms with Gasteiger partial charge in [0.1, 0.15) is 12.4 Å². The number of methoxy groups -OCH3 is 1. The van der Waals surface area contributed by atoms with E-state index in [2.05, 4.69) is 10.3 Å². The van der Waals surface area contributed by atoms with Gasteiger partial charge in [-0.05, 0) is 35.4 Å². The summed E-state index contributed by atoms with van der Waals surface area (Å²) >= 11 is 0. The Balaban J connectivity index is 1.57. The van der Waals surface area contributed by atoms with Crippen molar-refractivity contribution in [3.05, 3.63) is 59.9 Å². The van der Waals surface area contributed by atoms with E-state index in [1.807, 2.05) is 41.3 Å². The maximum Gasteiger partial charge on any atom is 0.249 e. The molecular formula is C19H23N3O3. The SMILES string of the molecule is COc1cccc(COCC(=O)N2CCNCC2c2ccncc2)c1. The van der Waals surface area contributed by atoms with Gasteiger partial charge in [0.2, 0.25) is 5.91 Å². The lowest BCUT2D eigenvalue weighted by Gasteiger charge is -2.36. The first-order valence-corrected chi connectivity index (χ1v) is 8.38. The van der Waals surface area contributed by atoms with Crippen LogP contribution >= 0.6 is 0 Å². The Morgan fingerprint density at radius 1 is 1.32 bits per heavy atom. The van der Waals surface area contributed by atoms with Crippen LogP contribution in [0.2, 0.25) is 0 Å². The first-order chi connectivity index (χ1) is 12.3. The van der Waals surface area contributed by atoms with Crippen molar-refractivity contribution in [2.45, 2.75) is 12.6 Å². The Morgan fingerprint density at radius 3 is 2.96 bits per heavy atom. The quantitative estimate of drug-likeness (QED) is 0.868. The standard InChI is InChI=1S/C19H23N3O3/c1-24-17-4-2-3-15(11-17)13-25-14-19(23)22-10-9-21-12-18(22)16-5-7-20-8-6-16/h2-8,11,18,21H,9-10,12-14H2,1H3. The van der Waals surface area contributed by atoms with E-state index in [9.17, 15) is 4.79 Å². The van der Waals surface area contributed by atoms with Crippen LogP contribution in [0.1, 0.15) is 17.2 Å². The number of aromatic nitrogens is 1. The van der Waals surface area contributed by atoms with Crippen molar-refractivity contribution in [2.75, 3.05) is 33.4 Å². The second-order valence-electron chi connectivity index (χ2n) is 5.93. The van der Waals surface area contributed by atoms with Gasteiger partial charge in [-0.1, -0.05) is 12.1 Å². The van der Waals surface area contributed by atoms with Crippen molar-refractivity contribution in [1.82, 2.24) is 15.2 Å². The van der Waals surface area contributed by atoms with E-state index in [0.29, 0.717) is 13.2 Å². The predicted molar refractivity (Wildman–Crippen MR) is 94.2 cm³/mol. The molecule has 0 aliphatic carbocycles. The van der Waals surface area contributed by atoms with Crippen molar-refractivity contribution in [3.8, 4) is 5.75 Å². The summed E-state index contributed by atoms with van der Waals surface area (Å²) in [7, 11) is 1.63. The zero-order valence-electron chi connectivity index (χ0n) is 14.4.